The third-order valence-electron chi connectivity index (χ3n) is 10.4. The summed E-state index contributed by atoms with van der Waals surface area (Å²) >= 11 is 0. The van der Waals surface area contributed by atoms with Gasteiger partial charge in [0.1, 0.15) is 46.0 Å². The molecular formula is C44H48B2N8NiO8. The zero-order valence-electron chi connectivity index (χ0n) is 36.7. The Morgan fingerprint density at radius 1 is 0.317 bits per heavy atom. The van der Waals surface area contributed by atoms with E-state index >= 15 is 0 Å². The van der Waals surface area contributed by atoms with Crippen molar-refractivity contribution in [2.45, 2.75) is 0 Å². The summed E-state index contributed by atoms with van der Waals surface area (Å²) in [6.45, 7) is 0. The van der Waals surface area contributed by atoms with Crippen LogP contribution in [0.1, 0.15) is 0 Å². The van der Waals surface area contributed by atoms with Crippen LogP contribution in [-0.4, -0.2) is 111 Å². The van der Waals surface area contributed by atoms with E-state index in [0.717, 1.165) is 91.0 Å². The van der Waals surface area contributed by atoms with E-state index in [1.54, 1.807) is 56.9 Å². The van der Waals surface area contributed by atoms with Crippen molar-refractivity contribution >= 4 is 15.1 Å². The summed E-state index contributed by atoms with van der Waals surface area (Å²) in [5, 5.41) is 18.9. The molecule has 0 unspecified atom stereocenters. The van der Waals surface area contributed by atoms with E-state index in [0.29, 0.717) is 0 Å². The van der Waals surface area contributed by atoms with Gasteiger partial charge in [0, 0.05) is 46.5 Å². The van der Waals surface area contributed by atoms with Crippen molar-refractivity contribution in [1.29, 1.82) is 0 Å². The summed E-state index contributed by atoms with van der Waals surface area (Å²) in [6, 6.07) is 30.7. The van der Waals surface area contributed by atoms with Gasteiger partial charge in [-0.3, -0.25) is 0 Å². The summed E-state index contributed by atoms with van der Waals surface area (Å²) in [5.74, 6) is 5.85. The molecule has 0 saturated carbocycles. The van der Waals surface area contributed by atoms with Gasteiger partial charge in [-0.15, -0.1) is 0 Å². The zero-order valence-corrected chi connectivity index (χ0v) is 37.7. The zero-order chi connectivity index (χ0) is 43.6. The first kappa shape index (κ1) is 45.3. The molecule has 0 fully saturated rings. The molecule has 0 aliphatic heterocycles. The van der Waals surface area contributed by atoms with Crippen molar-refractivity contribution in [1.82, 2.24) is 38.8 Å². The van der Waals surface area contributed by atoms with Crippen molar-refractivity contribution < 1.29 is 54.4 Å². The summed E-state index contributed by atoms with van der Waals surface area (Å²) in [5.41, 5.74) is 7.02. The standard InChI is InChI=1S/2C22H24BN4O4.Ni/c2*1-28-15-5-7-17(21(13-15)30-3)19-9-11-26(24-19)23-27-12-10-20(25-27)18-8-6-16(29-2)14-22(18)31-4;/h2*5-14H,23H2,1-4H3;/q2*-1;+2. The van der Waals surface area contributed by atoms with Crippen LogP contribution in [0.3, 0.4) is 0 Å². The van der Waals surface area contributed by atoms with Crippen molar-refractivity contribution in [3.63, 3.8) is 0 Å². The van der Waals surface area contributed by atoms with Gasteiger partial charge in [-0.1, -0.05) is 0 Å². The van der Waals surface area contributed by atoms with Crippen molar-refractivity contribution in [3.05, 3.63) is 122 Å². The number of nitrogens with zero attached hydrogens (tertiary/aromatic N) is 8. The molecule has 4 aromatic heterocycles. The Morgan fingerprint density at radius 3 is 0.730 bits per heavy atom. The molecule has 328 valence electrons. The van der Waals surface area contributed by atoms with Gasteiger partial charge in [0.25, 0.3) is 0 Å². The fourth-order valence-electron chi connectivity index (χ4n) is 7.14. The predicted octanol–water partition coefficient (Wildman–Crippen LogP) is 5.68. The van der Waals surface area contributed by atoms with Gasteiger partial charge in [0.15, 0.2) is 15.1 Å². The van der Waals surface area contributed by atoms with Gasteiger partial charge in [0.2, 0.25) is 0 Å². The summed E-state index contributed by atoms with van der Waals surface area (Å²) < 4.78 is 50.9. The molecule has 19 heteroatoms. The second kappa shape index (κ2) is 21.0. The molecule has 0 saturated heterocycles. The summed E-state index contributed by atoms with van der Waals surface area (Å²) in [6.07, 6.45) is 7.87. The number of methoxy groups -OCH3 is 8. The Balaban J connectivity index is 0.000000206. The monoisotopic (exact) mass is 896 g/mol. The minimum atomic E-state index is -0.838. The summed E-state index contributed by atoms with van der Waals surface area (Å²) in [4.78, 5) is 0. The van der Waals surface area contributed by atoms with E-state index in [9.17, 15) is 0 Å². The first-order valence-electron chi connectivity index (χ1n) is 19.9. The van der Waals surface area contributed by atoms with E-state index in [4.69, 9.17) is 58.3 Å². The van der Waals surface area contributed by atoms with E-state index in [-0.39, 0.29) is 16.5 Å². The van der Waals surface area contributed by atoms with Crippen LogP contribution < -0.4 is 37.9 Å². The van der Waals surface area contributed by atoms with Crippen LogP contribution >= 0.6 is 0 Å². The molecule has 0 radical (unpaired) electrons. The Bertz CT molecular complexity index is 2390. The maximum Gasteiger partial charge on any atom is 2.00 e. The first-order valence-corrected chi connectivity index (χ1v) is 19.9. The smallest absolute Gasteiger partial charge is 0.497 e. The number of aromatic nitrogens is 8. The average Bonchev–Trinajstić information content (AvgIpc) is 4.18. The molecule has 8 rings (SSSR count). The topological polar surface area (TPSA) is 145 Å². The third-order valence-corrected chi connectivity index (χ3v) is 10.4. The van der Waals surface area contributed by atoms with Gasteiger partial charge < -0.3 is 56.3 Å². The van der Waals surface area contributed by atoms with Crippen LogP contribution in [0, 0.1) is 0 Å². The average molecular weight is 897 g/mol. The van der Waals surface area contributed by atoms with Crippen LogP contribution in [0.25, 0.3) is 45.0 Å². The van der Waals surface area contributed by atoms with Gasteiger partial charge in [-0.05, 0) is 97.6 Å². The maximum atomic E-state index is 5.50. The quantitative estimate of drug-likeness (QED) is 0.110. The molecular weight excluding hydrogens is 849 g/mol. The predicted molar refractivity (Wildman–Crippen MR) is 242 cm³/mol. The molecule has 8 aromatic rings. The van der Waals surface area contributed by atoms with Crippen LogP contribution in [0.15, 0.2) is 122 Å². The third kappa shape index (κ3) is 10.4. The normalized spacial score (nSPS) is 10.5. The van der Waals surface area contributed by atoms with E-state index < -0.39 is 15.1 Å². The SMILES string of the molecule is COc1ccc(-c2ccn([BH2-]n3ccc(-c4ccc(OC)cc4OC)n3)n2)c(OC)c1.COc1ccc(-c2ccn([BH2-]n3ccc(-c4ccc(OC)cc4OC)n3)n2)c(OC)c1.[Ni+2]. The molecule has 0 aliphatic rings. The number of ether oxygens (including phenoxy) is 8. The van der Waals surface area contributed by atoms with Gasteiger partial charge in [-0.25, -0.2) is 20.4 Å². The molecule has 0 atom stereocenters. The molecule has 0 amide bonds. The largest absolute Gasteiger partial charge is 2.00 e. The maximum absolute atomic E-state index is 5.50. The number of hydrogen-bond donors (Lipinski definition) is 0. The first-order chi connectivity index (χ1) is 30.3. The molecule has 16 nitrogen and oxygen atoms in total. The van der Waals surface area contributed by atoms with Gasteiger partial charge >= 0.3 is 16.5 Å². The second-order valence-electron chi connectivity index (χ2n) is 14.2. The number of hydrogen-bond acceptors (Lipinski definition) is 12. The number of benzene rings is 4. The molecule has 0 bridgehead atoms. The molecule has 0 spiro atoms. The molecule has 4 aromatic carbocycles. The van der Waals surface area contributed by atoms with E-state index in [2.05, 4.69) is 0 Å². The Labute approximate surface area is 376 Å². The fourth-order valence-corrected chi connectivity index (χ4v) is 7.14. The molecule has 63 heavy (non-hydrogen) atoms. The number of rotatable bonds is 16. The minimum Gasteiger partial charge on any atom is -0.497 e. The molecule has 0 N–H and O–H groups in total. The minimum absolute atomic E-state index is 0. The van der Waals surface area contributed by atoms with Crippen LogP contribution in [0.4, 0.5) is 0 Å². The Hall–Kier alpha value is -7.26. The second-order valence-corrected chi connectivity index (χ2v) is 14.2. The van der Waals surface area contributed by atoms with Crippen LogP contribution in [0.5, 0.6) is 46.0 Å². The molecule has 0 aliphatic carbocycles. The van der Waals surface area contributed by atoms with Crippen LogP contribution in [-0.2, 0) is 16.5 Å². The van der Waals surface area contributed by atoms with Gasteiger partial charge in [-0.2, -0.15) is 0 Å². The van der Waals surface area contributed by atoms with Crippen molar-refractivity contribution in [2.24, 2.45) is 0 Å². The van der Waals surface area contributed by atoms with Crippen molar-refractivity contribution in [2.75, 3.05) is 56.9 Å². The molecule has 4 heterocycles. The van der Waals surface area contributed by atoms with Gasteiger partial charge in [0.05, 0.1) is 79.7 Å². The van der Waals surface area contributed by atoms with Crippen molar-refractivity contribution in [3.8, 4) is 91.0 Å². The fraction of sp³-hybridized carbons (Fsp3) is 0.182. The van der Waals surface area contributed by atoms with Crippen LogP contribution in [0.2, 0.25) is 0 Å². The Kier molecular flexibility index (Phi) is 15.1. The summed E-state index contributed by atoms with van der Waals surface area (Å²) in [7, 11) is 11.4. The van der Waals surface area contributed by atoms with E-state index in [1.165, 1.54) is 0 Å². The van der Waals surface area contributed by atoms with E-state index in [1.807, 2.05) is 140 Å². The Morgan fingerprint density at radius 2 is 0.540 bits per heavy atom.